The molecule has 0 saturated carbocycles. The third-order valence-corrected chi connectivity index (χ3v) is 2.91. The topological polar surface area (TPSA) is 55.1 Å². The minimum absolute atomic E-state index is 0.123. The lowest BCUT2D eigenvalue weighted by atomic mass is 10.2. The van der Waals surface area contributed by atoms with Crippen molar-refractivity contribution in [1.82, 2.24) is 5.32 Å². The molecule has 1 amide bonds. The van der Waals surface area contributed by atoms with Crippen molar-refractivity contribution in [3.8, 4) is 0 Å². The van der Waals surface area contributed by atoms with E-state index in [1.54, 1.807) is 12.2 Å². The molecule has 3 nitrogen and oxygen atoms in total. The van der Waals surface area contributed by atoms with E-state index in [9.17, 15) is 4.79 Å². The summed E-state index contributed by atoms with van der Waals surface area (Å²) in [5.41, 5.74) is 9.04. The predicted octanol–water partition coefficient (Wildman–Crippen LogP) is 2.62. The Morgan fingerprint density at radius 2 is 2.11 bits per heavy atom. The number of carbonyl (C=O) groups is 1. The summed E-state index contributed by atoms with van der Waals surface area (Å²) < 4.78 is 0. The summed E-state index contributed by atoms with van der Waals surface area (Å²) in [6, 6.07) is 0. The average molecular weight is 254 g/mol. The maximum Gasteiger partial charge on any atom is 0.255 e. The van der Waals surface area contributed by atoms with Gasteiger partial charge in [0.1, 0.15) is 0 Å². The van der Waals surface area contributed by atoms with Gasteiger partial charge in [0.15, 0.2) is 0 Å². The van der Waals surface area contributed by atoms with Crippen LogP contribution in [0.25, 0.3) is 0 Å². The Balaban J connectivity index is 2.10. The van der Waals surface area contributed by atoms with E-state index in [0.717, 1.165) is 18.5 Å². The highest BCUT2D eigenvalue weighted by atomic mass is 16.1. The van der Waals surface area contributed by atoms with E-state index in [0.29, 0.717) is 11.3 Å². The van der Waals surface area contributed by atoms with Crippen LogP contribution in [0.3, 0.4) is 0 Å². The molecule has 0 unspecified atom stereocenters. The first-order chi connectivity index (χ1) is 9.15. The van der Waals surface area contributed by atoms with Gasteiger partial charge in [-0.05, 0) is 25.5 Å². The van der Waals surface area contributed by atoms with E-state index in [2.05, 4.69) is 5.32 Å². The highest BCUT2D eigenvalue weighted by Gasteiger charge is 2.09. The number of hydrogen-bond donors (Lipinski definition) is 2. The molecule has 0 bridgehead atoms. The average Bonchev–Trinajstić information content (AvgIpc) is 2.70. The fourth-order valence-corrected chi connectivity index (χ4v) is 1.87. The maximum absolute atomic E-state index is 12.2. The highest BCUT2D eigenvalue weighted by Crippen LogP contribution is 2.12. The second kappa shape index (κ2) is 6.05. The van der Waals surface area contributed by atoms with Gasteiger partial charge in [0.2, 0.25) is 0 Å². The maximum atomic E-state index is 12.2. The molecule has 0 atom stereocenters. The van der Waals surface area contributed by atoms with Gasteiger partial charge in [0.05, 0.1) is 0 Å². The molecule has 3 heteroatoms. The van der Waals surface area contributed by atoms with Crippen molar-refractivity contribution in [2.24, 2.45) is 5.73 Å². The number of allylic oxidation sites excluding steroid dienone is 8. The van der Waals surface area contributed by atoms with Crippen molar-refractivity contribution in [3.05, 3.63) is 71.1 Å². The molecular weight excluding hydrogens is 236 g/mol. The van der Waals surface area contributed by atoms with E-state index in [-0.39, 0.29) is 5.91 Å². The smallest absolute Gasteiger partial charge is 0.255 e. The summed E-state index contributed by atoms with van der Waals surface area (Å²) in [7, 11) is 0. The van der Waals surface area contributed by atoms with Gasteiger partial charge < -0.3 is 11.1 Å². The molecule has 19 heavy (non-hydrogen) atoms. The third-order valence-electron chi connectivity index (χ3n) is 2.91. The zero-order valence-corrected chi connectivity index (χ0v) is 11.0. The van der Waals surface area contributed by atoms with Crippen molar-refractivity contribution >= 4 is 5.91 Å². The highest BCUT2D eigenvalue weighted by molar-refractivity contribution is 5.97. The van der Waals surface area contributed by atoms with Gasteiger partial charge in [0.25, 0.3) is 5.91 Å². The molecular formula is C16H18N2O. The Bertz CT molecular complexity index is 557. The summed E-state index contributed by atoms with van der Waals surface area (Å²) >= 11 is 0. The largest absolute Gasteiger partial charge is 0.399 e. The van der Waals surface area contributed by atoms with Crippen LogP contribution in [0.2, 0.25) is 0 Å². The number of carbonyl (C=O) groups excluding carboxylic acids is 1. The number of nitrogens with two attached hydrogens (primary N) is 1. The normalized spacial score (nSPS) is 18.6. The van der Waals surface area contributed by atoms with Crippen molar-refractivity contribution in [3.63, 3.8) is 0 Å². The molecule has 2 aliphatic rings. The van der Waals surface area contributed by atoms with E-state index >= 15 is 0 Å². The van der Waals surface area contributed by atoms with Crippen LogP contribution in [-0.4, -0.2) is 5.91 Å². The Kier molecular flexibility index (Phi) is 4.18. The van der Waals surface area contributed by atoms with Crippen LogP contribution in [0.1, 0.15) is 19.8 Å². The van der Waals surface area contributed by atoms with Crippen LogP contribution >= 0.6 is 0 Å². The van der Waals surface area contributed by atoms with Crippen molar-refractivity contribution in [2.75, 3.05) is 0 Å². The lowest BCUT2D eigenvalue weighted by Crippen LogP contribution is -2.23. The minimum atomic E-state index is -0.123. The van der Waals surface area contributed by atoms with Crippen LogP contribution in [0.15, 0.2) is 71.1 Å². The molecule has 2 aliphatic carbocycles. The minimum Gasteiger partial charge on any atom is -0.399 e. The summed E-state index contributed by atoms with van der Waals surface area (Å²) in [5, 5.41) is 2.92. The second-order valence-corrected chi connectivity index (χ2v) is 4.61. The molecule has 0 aromatic rings. The quantitative estimate of drug-likeness (QED) is 0.796. The van der Waals surface area contributed by atoms with Gasteiger partial charge in [-0.1, -0.05) is 42.0 Å². The predicted molar refractivity (Wildman–Crippen MR) is 77.9 cm³/mol. The first kappa shape index (κ1) is 13.1. The molecule has 0 aromatic carbocycles. The van der Waals surface area contributed by atoms with Crippen molar-refractivity contribution < 1.29 is 4.79 Å². The van der Waals surface area contributed by atoms with Gasteiger partial charge in [-0.15, -0.1) is 0 Å². The molecule has 0 radical (unpaired) electrons. The molecule has 0 heterocycles. The number of hydrogen-bond acceptors (Lipinski definition) is 2. The van der Waals surface area contributed by atoms with Gasteiger partial charge in [-0.3, -0.25) is 4.79 Å². The fraction of sp³-hybridized carbons (Fsp3) is 0.188. The number of rotatable bonds is 2. The van der Waals surface area contributed by atoms with E-state index in [4.69, 9.17) is 5.73 Å². The van der Waals surface area contributed by atoms with Gasteiger partial charge in [-0.2, -0.15) is 0 Å². The van der Waals surface area contributed by atoms with Crippen LogP contribution in [0, 0.1) is 0 Å². The number of amides is 1. The molecule has 98 valence electrons. The summed E-state index contributed by atoms with van der Waals surface area (Å²) in [4.78, 5) is 12.2. The zero-order valence-electron chi connectivity index (χ0n) is 11.0. The molecule has 0 fully saturated rings. The second-order valence-electron chi connectivity index (χ2n) is 4.61. The van der Waals surface area contributed by atoms with Gasteiger partial charge in [0, 0.05) is 23.4 Å². The Labute approximate surface area is 113 Å². The first-order valence-electron chi connectivity index (χ1n) is 6.34. The molecule has 0 aliphatic heterocycles. The Hall–Kier alpha value is -2.29. The van der Waals surface area contributed by atoms with E-state index < -0.39 is 0 Å². The monoisotopic (exact) mass is 254 g/mol. The van der Waals surface area contributed by atoms with Crippen LogP contribution in [-0.2, 0) is 4.79 Å². The molecule has 2 rings (SSSR count). The van der Waals surface area contributed by atoms with Crippen LogP contribution < -0.4 is 11.1 Å². The summed E-state index contributed by atoms with van der Waals surface area (Å²) in [5.74, 6) is -0.123. The lowest BCUT2D eigenvalue weighted by Gasteiger charge is -2.07. The van der Waals surface area contributed by atoms with E-state index in [1.165, 1.54) is 5.57 Å². The molecule has 0 aromatic heterocycles. The van der Waals surface area contributed by atoms with Crippen molar-refractivity contribution in [1.29, 1.82) is 0 Å². The van der Waals surface area contributed by atoms with Gasteiger partial charge in [-0.25, -0.2) is 0 Å². The lowest BCUT2D eigenvalue weighted by molar-refractivity contribution is -0.116. The SMILES string of the molecule is CC1=CC=C(NC(=O)C2=CC(N)=CCC=C2)CC=C1. The molecule has 0 saturated heterocycles. The standard InChI is InChI=1S/C16H18N2O/c1-12-5-4-8-15(10-9-12)18-16(19)13-6-2-3-7-14(17)11-13/h2,4-7,9-11H,3,8,17H2,1H3,(H,18,19). The summed E-state index contributed by atoms with van der Waals surface area (Å²) in [6.07, 6.45) is 16.8. The fourth-order valence-electron chi connectivity index (χ4n) is 1.87. The zero-order chi connectivity index (χ0) is 13.7. The Morgan fingerprint density at radius 3 is 2.95 bits per heavy atom. The molecule has 0 spiro atoms. The summed E-state index contributed by atoms with van der Waals surface area (Å²) in [6.45, 7) is 2.03. The van der Waals surface area contributed by atoms with Gasteiger partial charge >= 0.3 is 0 Å². The first-order valence-corrected chi connectivity index (χ1v) is 6.34. The van der Waals surface area contributed by atoms with Crippen LogP contribution in [0.4, 0.5) is 0 Å². The molecule has 3 N–H and O–H groups in total. The van der Waals surface area contributed by atoms with Crippen molar-refractivity contribution in [2.45, 2.75) is 19.8 Å². The van der Waals surface area contributed by atoms with Crippen LogP contribution in [0.5, 0.6) is 0 Å². The van der Waals surface area contributed by atoms with E-state index in [1.807, 2.05) is 43.4 Å². The third kappa shape index (κ3) is 3.85. The Morgan fingerprint density at radius 1 is 1.26 bits per heavy atom. The number of nitrogens with one attached hydrogen (secondary N) is 1.